The number of nitrogens with one attached hydrogen (secondary N) is 1. The predicted molar refractivity (Wildman–Crippen MR) is 103 cm³/mol. The van der Waals surface area contributed by atoms with E-state index in [4.69, 9.17) is 16.3 Å². The number of piperidine rings is 1. The van der Waals surface area contributed by atoms with Crippen molar-refractivity contribution in [2.24, 2.45) is 5.41 Å². The summed E-state index contributed by atoms with van der Waals surface area (Å²) >= 11 is 6.12. The molecule has 2 aromatic rings. The van der Waals surface area contributed by atoms with Crippen molar-refractivity contribution < 1.29 is 9.13 Å². The Morgan fingerprint density at radius 3 is 2.78 bits per heavy atom. The maximum Gasteiger partial charge on any atom is 0.126 e. The van der Waals surface area contributed by atoms with Gasteiger partial charge in [0.1, 0.15) is 17.2 Å². The lowest BCUT2D eigenvalue weighted by Gasteiger charge is -2.58. The second-order valence-electron chi connectivity index (χ2n) is 8.80. The van der Waals surface area contributed by atoms with E-state index >= 15 is 0 Å². The van der Waals surface area contributed by atoms with Crippen molar-refractivity contribution in [3.8, 4) is 0 Å². The Morgan fingerprint density at radius 2 is 2.04 bits per heavy atom. The highest BCUT2D eigenvalue weighted by Gasteiger charge is 2.47. The number of imidazole rings is 1. The van der Waals surface area contributed by atoms with Crippen molar-refractivity contribution in [3.63, 3.8) is 0 Å². The van der Waals surface area contributed by atoms with Crippen molar-refractivity contribution in [3.05, 3.63) is 28.8 Å². The largest absolute Gasteiger partial charge is 0.381 e. The lowest BCUT2D eigenvalue weighted by atomic mass is 9.78. The monoisotopic (exact) mass is 392 g/mol. The van der Waals surface area contributed by atoms with Crippen LogP contribution in [-0.2, 0) is 11.3 Å². The van der Waals surface area contributed by atoms with Crippen molar-refractivity contribution in [2.75, 3.05) is 32.8 Å². The molecule has 0 aliphatic carbocycles. The normalized spacial score (nSPS) is 28.4. The van der Waals surface area contributed by atoms with Crippen LogP contribution in [0.4, 0.5) is 4.39 Å². The number of aromatic nitrogens is 2. The molecular weight excluding hydrogens is 367 g/mol. The van der Waals surface area contributed by atoms with Crippen molar-refractivity contribution in [2.45, 2.75) is 44.8 Å². The number of aromatic amines is 1. The molecule has 4 saturated heterocycles. The third-order valence-electron chi connectivity index (χ3n) is 6.61. The molecule has 1 aromatic heterocycles. The van der Waals surface area contributed by atoms with Crippen LogP contribution >= 0.6 is 11.6 Å². The first-order chi connectivity index (χ1) is 13.0. The molecule has 0 radical (unpaired) electrons. The fourth-order valence-electron chi connectivity index (χ4n) is 5.00. The summed E-state index contributed by atoms with van der Waals surface area (Å²) in [6, 6.07) is 4.07. The van der Waals surface area contributed by atoms with Gasteiger partial charge in [0.25, 0.3) is 0 Å². The number of H-pyrrole nitrogens is 1. The van der Waals surface area contributed by atoms with Crippen LogP contribution in [-0.4, -0.2) is 64.7 Å². The molecule has 4 fully saturated rings. The molecule has 6 rings (SSSR count). The van der Waals surface area contributed by atoms with Crippen LogP contribution < -0.4 is 0 Å². The number of nitrogens with zero attached hydrogens (tertiary/aromatic N) is 3. The second-order valence-corrected chi connectivity index (χ2v) is 9.21. The zero-order valence-corrected chi connectivity index (χ0v) is 16.4. The summed E-state index contributed by atoms with van der Waals surface area (Å²) in [6.07, 6.45) is 3.65. The van der Waals surface area contributed by atoms with Crippen LogP contribution in [0.3, 0.4) is 0 Å². The van der Waals surface area contributed by atoms with Crippen LogP contribution in [0.2, 0.25) is 5.02 Å². The first kappa shape index (κ1) is 17.9. The Kier molecular flexibility index (Phi) is 4.43. The van der Waals surface area contributed by atoms with Crippen LogP contribution in [0.15, 0.2) is 12.1 Å². The molecule has 0 spiro atoms. The van der Waals surface area contributed by atoms with Crippen LogP contribution in [0.1, 0.15) is 32.0 Å². The van der Waals surface area contributed by atoms with E-state index in [0.717, 1.165) is 38.7 Å². The van der Waals surface area contributed by atoms with E-state index in [1.54, 1.807) is 0 Å². The number of benzene rings is 1. The number of halogens is 2. The average molecular weight is 393 g/mol. The fraction of sp³-hybridized carbons (Fsp3) is 0.650. The smallest absolute Gasteiger partial charge is 0.126 e. The van der Waals surface area contributed by atoms with Gasteiger partial charge in [0.15, 0.2) is 0 Å². The number of ether oxygens (including phenoxy) is 1. The average Bonchev–Trinajstić information content (AvgIpc) is 3.03. The van der Waals surface area contributed by atoms with E-state index in [1.165, 1.54) is 37.9 Å². The van der Waals surface area contributed by atoms with Gasteiger partial charge in [-0.1, -0.05) is 18.5 Å². The first-order valence-electron chi connectivity index (χ1n) is 9.89. The van der Waals surface area contributed by atoms with E-state index in [1.807, 2.05) is 0 Å². The number of hydrogen-bond donors (Lipinski definition) is 1. The Balaban J connectivity index is 1.23. The van der Waals surface area contributed by atoms with E-state index < -0.39 is 0 Å². The highest BCUT2D eigenvalue weighted by Crippen LogP contribution is 2.39. The van der Waals surface area contributed by atoms with Crippen molar-refractivity contribution in [1.29, 1.82) is 0 Å². The fourth-order valence-corrected chi connectivity index (χ4v) is 5.25. The van der Waals surface area contributed by atoms with Gasteiger partial charge in [-0.2, -0.15) is 0 Å². The highest BCUT2D eigenvalue weighted by molar-refractivity contribution is 6.34. The zero-order chi connectivity index (χ0) is 18.6. The molecule has 0 saturated carbocycles. The van der Waals surface area contributed by atoms with Crippen LogP contribution in [0.25, 0.3) is 11.0 Å². The van der Waals surface area contributed by atoms with Gasteiger partial charge in [0.05, 0.1) is 17.1 Å². The Bertz CT molecular complexity index is 838. The van der Waals surface area contributed by atoms with Gasteiger partial charge < -0.3 is 9.72 Å². The quantitative estimate of drug-likeness (QED) is 0.865. The zero-order valence-electron chi connectivity index (χ0n) is 15.7. The van der Waals surface area contributed by atoms with Crippen molar-refractivity contribution >= 4 is 22.6 Å². The maximum absolute atomic E-state index is 13.5. The molecule has 4 aliphatic heterocycles. The predicted octanol–water partition coefficient (Wildman–Crippen LogP) is 3.43. The summed E-state index contributed by atoms with van der Waals surface area (Å²) in [5, 5.41) is 0.366. The molecule has 27 heavy (non-hydrogen) atoms. The molecule has 7 heteroatoms. The summed E-state index contributed by atoms with van der Waals surface area (Å²) < 4.78 is 19.1. The minimum absolute atomic E-state index is 0.334. The first-order valence-corrected chi connectivity index (χ1v) is 10.3. The maximum atomic E-state index is 13.5. The lowest BCUT2D eigenvalue weighted by Crippen LogP contribution is -2.69. The molecule has 5 nitrogen and oxygen atoms in total. The van der Waals surface area contributed by atoms with Gasteiger partial charge >= 0.3 is 0 Å². The molecule has 4 aliphatic rings. The minimum Gasteiger partial charge on any atom is -0.381 e. The molecule has 146 valence electrons. The molecule has 0 amide bonds. The number of fused-ring (bicyclic) bond motifs is 3. The van der Waals surface area contributed by atoms with Gasteiger partial charge in [0, 0.05) is 44.9 Å². The molecule has 2 atom stereocenters. The summed E-state index contributed by atoms with van der Waals surface area (Å²) in [6.45, 7) is 8.32. The third kappa shape index (κ3) is 3.37. The topological polar surface area (TPSA) is 44.4 Å². The lowest BCUT2D eigenvalue weighted by molar-refractivity contribution is -0.104. The highest BCUT2D eigenvalue weighted by atomic mass is 35.5. The molecule has 2 unspecified atom stereocenters. The molecular formula is C20H26ClFN4O. The van der Waals surface area contributed by atoms with Crippen LogP contribution in [0.5, 0.6) is 0 Å². The standard InChI is InChI=1S/C20H26ClFN4O/c1-20(2-4-27-5-3-20)12-26-14-8-15(26)10-25(9-14)11-18-23-17-7-13(22)6-16(21)19(17)24-18/h6-7,14-15H,2-5,8-12H2,1H3,(H,23,24). The summed E-state index contributed by atoms with van der Waals surface area (Å²) in [5.74, 6) is 0.529. The Morgan fingerprint density at radius 1 is 1.30 bits per heavy atom. The number of piperazine rings is 1. The summed E-state index contributed by atoms with van der Waals surface area (Å²) in [7, 11) is 0. The summed E-state index contributed by atoms with van der Waals surface area (Å²) in [5.41, 5.74) is 1.73. The molecule has 1 N–H and O–H groups in total. The minimum atomic E-state index is -0.334. The van der Waals surface area contributed by atoms with Gasteiger partial charge in [-0.05, 0) is 36.8 Å². The second kappa shape index (κ2) is 6.69. The molecule has 5 heterocycles. The van der Waals surface area contributed by atoms with Crippen LogP contribution in [0, 0.1) is 11.2 Å². The molecule has 2 bridgehead atoms. The number of rotatable bonds is 4. The molecule has 1 aromatic carbocycles. The Labute approximate surface area is 163 Å². The SMILES string of the molecule is CC1(CN2C3CC2CN(Cc2nc4c(Cl)cc(F)cc4[nH]2)C3)CCOCC1. The Hall–Kier alpha value is -1.21. The van der Waals surface area contributed by atoms with Crippen molar-refractivity contribution in [1.82, 2.24) is 19.8 Å². The van der Waals surface area contributed by atoms with Gasteiger partial charge in [0.2, 0.25) is 0 Å². The summed E-state index contributed by atoms with van der Waals surface area (Å²) in [4.78, 5) is 13.0. The van der Waals surface area contributed by atoms with Gasteiger partial charge in [-0.25, -0.2) is 9.37 Å². The van der Waals surface area contributed by atoms with E-state index in [-0.39, 0.29) is 5.82 Å². The third-order valence-corrected chi connectivity index (χ3v) is 6.90. The van der Waals surface area contributed by atoms with Gasteiger partial charge in [-0.15, -0.1) is 0 Å². The van der Waals surface area contributed by atoms with E-state index in [9.17, 15) is 4.39 Å². The number of hydrogen-bond acceptors (Lipinski definition) is 4. The van der Waals surface area contributed by atoms with E-state index in [2.05, 4.69) is 26.7 Å². The van der Waals surface area contributed by atoms with E-state index in [0.29, 0.717) is 33.6 Å². The van der Waals surface area contributed by atoms with Gasteiger partial charge in [-0.3, -0.25) is 9.80 Å².